The third kappa shape index (κ3) is 3.19. The summed E-state index contributed by atoms with van der Waals surface area (Å²) in [6.45, 7) is 6.26. The minimum atomic E-state index is -4.71. The van der Waals surface area contributed by atoms with Gasteiger partial charge in [0.1, 0.15) is 12.2 Å². The second kappa shape index (κ2) is 7.23. The van der Waals surface area contributed by atoms with Crippen LogP contribution in [0, 0.1) is 17.3 Å². The zero-order chi connectivity index (χ0) is 20.7. The zero-order valence-corrected chi connectivity index (χ0v) is 14.8. The summed E-state index contributed by atoms with van der Waals surface area (Å²) in [6.07, 6.45) is -5.71. The summed E-state index contributed by atoms with van der Waals surface area (Å²) in [5.41, 5.74) is -2.52. The van der Waals surface area contributed by atoms with Crippen LogP contribution in [-0.2, 0) is 33.3 Å². The molecule has 3 aliphatic rings. The predicted molar refractivity (Wildman–Crippen MR) is 85.6 cm³/mol. The Labute approximate surface area is 158 Å². The lowest BCUT2D eigenvalue weighted by atomic mass is 9.73. The summed E-state index contributed by atoms with van der Waals surface area (Å²) in [4.78, 5) is 35.6. The third-order valence-corrected chi connectivity index (χ3v) is 5.46. The van der Waals surface area contributed by atoms with Gasteiger partial charge in [-0.2, -0.15) is 13.2 Å². The van der Waals surface area contributed by atoms with Gasteiger partial charge in [-0.3, -0.25) is 4.79 Å². The van der Waals surface area contributed by atoms with E-state index in [1.807, 2.05) is 0 Å². The van der Waals surface area contributed by atoms with Crippen LogP contribution in [-0.4, -0.2) is 56.1 Å². The maximum atomic E-state index is 13.4. The molecular formula is C18H19F3O7. The fourth-order valence-corrected chi connectivity index (χ4v) is 4.29. The van der Waals surface area contributed by atoms with E-state index in [9.17, 15) is 27.6 Å². The highest BCUT2D eigenvalue weighted by Crippen LogP contribution is 2.67. The van der Waals surface area contributed by atoms with Crippen molar-refractivity contribution in [3.8, 4) is 0 Å². The molecule has 1 heterocycles. The van der Waals surface area contributed by atoms with Crippen LogP contribution in [0.3, 0.4) is 0 Å². The predicted octanol–water partition coefficient (Wildman–Crippen LogP) is 1.71. The van der Waals surface area contributed by atoms with Crippen LogP contribution >= 0.6 is 0 Å². The summed E-state index contributed by atoms with van der Waals surface area (Å²) in [5.74, 6) is -4.81. The third-order valence-electron chi connectivity index (χ3n) is 5.46. The Hall–Kier alpha value is -2.36. The van der Waals surface area contributed by atoms with Gasteiger partial charge < -0.3 is 18.9 Å². The number of hydrogen-bond acceptors (Lipinski definition) is 7. The van der Waals surface area contributed by atoms with Gasteiger partial charge in [0.25, 0.3) is 0 Å². The smallest absolute Gasteiger partial charge is 0.405 e. The average molecular weight is 404 g/mol. The number of fused-ring (bicyclic) bond motifs is 1. The van der Waals surface area contributed by atoms with Crippen LogP contribution in [0.25, 0.3) is 0 Å². The van der Waals surface area contributed by atoms with E-state index in [0.717, 1.165) is 0 Å². The highest BCUT2D eigenvalue weighted by Gasteiger charge is 2.80. The van der Waals surface area contributed by atoms with Crippen molar-refractivity contribution in [1.82, 2.24) is 0 Å². The molecule has 154 valence electrons. The lowest BCUT2D eigenvalue weighted by molar-refractivity contribution is -0.231. The van der Waals surface area contributed by atoms with Gasteiger partial charge in [0.2, 0.25) is 0 Å². The second-order valence-electron chi connectivity index (χ2n) is 7.08. The van der Waals surface area contributed by atoms with Crippen LogP contribution in [0.4, 0.5) is 13.2 Å². The Morgan fingerprint density at radius 1 is 1.32 bits per heavy atom. The van der Waals surface area contributed by atoms with E-state index >= 15 is 0 Å². The fourth-order valence-electron chi connectivity index (χ4n) is 4.29. The topological polar surface area (TPSA) is 88.1 Å². The molecule has 0 N–H and O–H groups in total. The van der Waals surface area contributed by atoms with Crippen molar-refractivity contribution >= 4 is 17.9 Å². The Morgan fingerprint density at radius 3 is 2.68 bits per heavy atom. The molecule has 5 atom stereocenters. The van der Waals surface area contributed by atoms with Gasteiger partial charge >= 0.3 is 24.1 Å². The maximum Gasteiger partial charge on any atom is 0.405 e. The zero-order valence-electron chi connectivity index (χ0n) is 14.8. The molecule has 3 fully saturated rings. The summed E-state index contributed by atoms with van der Waals surface area (Å²) in [7, 11) is 0. The fraction of sp³-hybridized carbons (Fsp3) is 0.611. The van der Waals surface area contributed by atoms with Crippen molar-refractivity contribution in [2.45, 2.75) is 31.2 Å². The number of carbonyl (C=O) groups is 3. The number of esters is 3. The molecule has 2 bridgehead atoms. The molecule has 5 unspecified atom stereocenters. The average Bonchev–Trinajstić information content (AvgIpc) is 3.22. The van der Waals surface area contributed by atoms with Crippen molar-refractivity contribution in [2.24, 2.45) is 17.3 Å². The first-order valence-electron chi connectivity index (χ1n) is 8.62. The molecule has 28 heavy (non-hydrogen) atoms. The van der Waals surface area contributed by atoms with Crippen molar-refractivity contribution in [1.29, 1.82) is 0 Å². The molecule has 0 aromatic rings. The number of halogens is 3. The van der Waals surface area contributed by atoms with Gasteiger partial charge in [0.05, 0.1) is 18.8 Å². The van der Waals surface area contributed by atoms with Gasteiger partial charge in [-0.25, -0.2) is 9.59 Å². The van der Waals surface area contributed by atoms with Crippen LogP contribution in [0.5, 0.6) is 0 Å². The van der Waals surface area contributed by atoms with Gasteiger partial charge in [0.15, 0.2) is 12.0 Å². The van der Waals surface area contributed by atoms with Crippen LogP contribution in [0.15, 0.2) is 24.8 Å². The summed E-state index contributed by atoms with van der Waals surface area (Å²) in [5, 5.41) is 0. The molecule has 0 aromatic carbocycles. The first kappa shape index (κ1) is 20.4. The summed E-state index contributed by atoms with van der Waals surface area (Å²) in [6, 6.07) is 0. The largest absolute Gasteiger partial charge is 0.457 e. The molecule has 1 aliphatic heterocycles. The monoisotopic (exact) mass is 404 g/mol. The van der Waals surface area contributed by atoms with Crippen molar-refractivity contribution in [3.63, 3.8) is 0 Å². The van der Waals surface area contributed by atoms with Gasteiger partial charge in [-0.1, -0.05) is 12.7 Å². The van der Waals surface area contributed by atoms with Gasteiger partial charge in [-0.15, -0.1) is 6.58 Å². The number of hydrogen-bond donors (Lipinski definition) is 0. The molecule has 10 heteroatoms. The highest BCUT2D eigenvalue weighted by atomic mass is 19.4. The normalized spacial score (nSPS) is 32.8. The van der Waals surface area contributed by atoms with Crippen molar-refractivity contribution in [3.05, 3.63) is 24.8 Å². The number of ether oxygens (including phenoxy) is 4. The van der Waals surface area contributed by atoms with E-state index < -0.39 is 66.6 Å². The lowest BCUT2D eigenvalue weighted by Crippen LogP contribution is -2.48. The molecule has 0 aromatic heterocycles. The molecule has 7 nitrogen and oxygen atoms in total. The van der Waals surface area contributed by atoms with E-state index in [1.165, 1.54) is 6.08 Å². The Bertz CT molecular complexity index is 716. The van der Waals surface area contributed by atoms with E-state index in [0.29, 0.717) is 0 Å². The number of carbonyl (C=O) groups excluding carboxylic acids is 3. The van der Waals surface area contributed by atoms with Crippen molar-refractivity contribution in [2.75, 3.05) is 19.8 Å². The number of alkyl halides is 3. The molecule has 3 rings (SSSR count). The Balaban J connectivity index is 1.52. The van der Waals surface area contributed by atoms with Gasteiger partial charge in [-0.05, 0) is 12.8 Å². The van der Waals surface area contributed by atoms with E-state index in [4.69, 9.17) is 18.9 Å². The summed E-state index contributed by atoms with van der Waals surface area (Å²) < 4.78 is 60.2. The summed E-state index contributed by atoms with van der Waals surface area (Å²) >= 11 is 0. The lowest BCUT2D eigenvalue weighted by Gasteiger charge is -2.33. The van der Waals surface area contributed by atoms with E-state index in [2.05, 4.69) is 13.2 Å². The van der Waals surface area contributed by atoms with Crippen molar-refractivity contribution < 1.29 is 46.5 Å². The first-order chi connectivity index (χ1) is 13.1. The minimum Gasteiger partial charge on any atom is -0.457 e. The van der Waals surface area contributed by atoms with Crippen LogP contribution in [0.1, 0.15) is 12.8 Å². The molecule has 0 amide bonds. The van der Waals surface area contributed by atoms with Gasteiger partial charge in [0, 0.05) is 11.8 Å². The standard InChI is InChI=1S/C18H19F3O7/c1-3-4-25-7-9(2)15(23)26-8-12(22)27-13-10-5-11-14(13)28-16(24)17(11,6-10)18(19,20)21/h3,10-11,13-14H,1-2,4-8H2. The quantitative estimate of drug-likeness (QED) is 0.200. The van der Waals surface area contributed by atoms with E-state index in [-0.39, 0.29) is 25.2 Å². The molecule has 0 spiro atoms. The minimum absolute atomic E-state index is 0.0192. The van der Waals surface area contributed by atoms with Crippen LogP contribution in [0.2, 0.25) is 0 Å². The molecule has 2 saturated carbocycles. The SMILES string of the molecule is C=CCOCC(=C)C(=O)OCC(=O)OC1C2CC3C1OC(=O)C3(C(F)(F)F)C2. The van der Waals surface area contributed by atoms with E-state index in [1.54, 1.807) is 0 Å². The Morgan fingerprint density at radius 2 is 2.04 bits per heavy atom. The van der Waals surface area contributed by atoms with Crippen LogP contribution < -0.4 is 0 Å². The second-order valence-corrected chi connectivity index (χ2v) is 7.08. The Kier molecular flexibility index (Phi) is 5.26. The maximum absolute atomic E-state index is 13.4. The molecule has 2 aliphatic carbocycles. The first-order valence-corrected chi connectivity index (χ1v) is 8.62. The molecule has 1 saturated heterocycles. The molecular weight excluding hydrogens is 385 g/mol. The molecule has 0 radical (unpaired) electrons. The number of rotatable bonds is 8. The highest BCUT2D eigenvalue weighted by molar-refractivity contribution is 5.89.